The van der Waals surface area contributed by atoms with Gasteiger partial charge in [0, 0.05) is 5.75 Å². The van der Waals surface area contributed by atoms with Crippen molar-refractivity contribution in [1.29, 1.82) is 5.26 Å². The zero-order valence-corrected chi connectivity index (χ0v) is 11.2. The normalized spacial score (nSPS) is 9.94. The van der Waals surface area contributed by atoms with Gasteiger partial charge in [0.25, 0.3) is 0 Å². The molecule has 0 spiro atoms. The SMILES string of the molecule is N#CCc1ccc(OCCSc2nncs2)cc1. The van der Waals surface area contributed by atoms with E-state index >= 15 is 0 Å². The van der Waals surface area contributed by atoms with Gasteiger partial charge in [-0.3, -0.25) is 0 Å². The predicted octanol–water partition coefficient (Wildman–Crippen LogP) is 2.78. The summed E-state index contributed by atoms with van der Waals surface area (Å²) in [5, 5.41) is 16.3. The molecule has 0 N–H and O–H groups in total. The Morgan fingerprint density at radius 3 is 2.83 bits per heavy atom. The molecular weight excluding hydrogens is 266 g/mol. The molecule has 0 aliphatic rings. The zero-order valence-electron chi connectivity index (χ0n) is 9.57. The molecule has 2 aromatic rings. The Morgan fingerprint density at radius 1 is 1.33 bits per heavy atom. The molecule has 0 aliphatic heterocycles. The van der Waals surface area contributed by atoms with Gasteiger partial charge in [-0.15, -0.1) is 10.2 Å². The monoisotopic (exact) mass is 277 g/mol. The van der Waals surface area contributed by atoms with Crippen LogP contribution in [0.2, 0.25) is 0 Å². The fraction of sp³-hybridized carbons (Fsp3) is 0.250. The van der Waals surface area contributed by atoms with Crippen molar-refractivity contribution in [3.05, 3.63) is 35.3 Å². The molecule has 92 valence electrons. The maximum absolute atomic E-state index is 8.56. The first-order chi connectivity index (χ1) is 8.88. The zero-order chi connectivity index (χ0) is 12.6. The van der Waals surface area contributed by atoms with Gasteiger partial charge in [-0.05, 0) is 17.7 Å². The van der Waals surface area contributed by atoms with Gasteiger partial charge in [0.2, 0.25) is 0 Å². The maximum atomic E-state index is 8.56. The van der Waals surface area contributed by atoms with Gasteiger partial charge < -0.3 is 4.74 Å². The van der Waals surface area contributed by atoms with Gasteiger partial charge in [-0.2, -0.15) is 5.26 Å². The largest absolute Gasteiger partial charge is 0.493 e. The van der Waals surface area contributed by atoms with Gasteiger partial charge in [0.15, 0.2) is 4.34 Å². The van der Waals surface area contributed by atoms with Crippen LogP contribution in [0, 0.1) is 11.3 Å². The second kappa shape index (κ2) is 6.99. The van der Waals surface area contributed by atoms with Crippen molar-refractivity contribution in [3.8, 4) is 11.8 Å². The third kappa shape index (κ3) is 4.02. The van der Waals surface area contributed by atoms with Crippen molar-refractivity contribution in [2.75, 3.05) is 12.4 Å². The van der Waals surface area contributed by atoms with Crippen molar-refractivity contribution in [2.24, 2.45) is 0 Å². The van der Waals surface area contributed by atoms with E-state index in [1.165, 1.54) is 11.3 Å². The van der Waals surface area contributed by atoms with Crippen LogP contribution in [0.25, 0.3) is 0 Å². The molecule has 1 heterocycles. The van der Waals surface area contributed by atoms with Crippen LogP contribution in [-0.4, -0.2) is 22.6 Å². The van der Waals surface area contributed by atoms with E-state index in [4.69, 9.17) is 10.00 Å². The Bertz CT molecular complexity index is 505. The van der Waals surface area contributed by atoms with Gasteiger partial charge in [0.05, 0.1) is 19.1 Å². The summed E-state index contributed by atoms with van der Waals surface area (Å²) < 4.78 is 6.55. The van der Waals surface area contributed by atoms with E-state index in [-0.39, 0.29) is 0 Å². The molecule has 0 aliphatic carbocycles. The third-order valence-corrected chi connectivity index (χ3v) is 3.95. The van der Waals surface area contributed by atoms with Crippen molar-refractivity contribution in [2.45, 2.75) is 10.8 Å². The van der Waals surface area contributed by atoms with Gasteiger partial charge >= 0.3 is 0 Å². The Hall–Kier alpha value is -1.58. The number of ether oxygens (including phenoxy) is 1. The van der Waals surface area contributed by atoms with Crippen LogP contribution in [0.3, 0.4) is 0 Å². The molecule has 0 bridgehead atoms. The van der Waals surface area contributed by atoms with E-state index in [9.17, 15) is 0 Å². The lowest BCUT2D eigenvalue weighted by atomic mass is 10.2. The lowest BCUT2D eigenvalue weighted by Crippen LogP contribution is -2.00. The summed E-state index contributed by atoms with van der Waals surface area (Å²) in [6.07, 6.45) is 0.438. The molecule has 0 unspecified atom stereocenters. The van der Waals surface area contributed by atoms with Crippen LogP contribution in [0.1, 0.15) is 5.56 Å². The highest BCUT2D eigenvalue weighted by molar-refractivity contribution is 8.01. The smallest absolute Gasteiger partial charge is 0.174 e. The summed E-state index contributed by atoms with van der Waals surface area (Å²) in [6, 6.07) is 9.72. The molecule has 0 fully saturated rings. The van der Waals surface area contributed by atoms with Crippen LogP contribution < -0.4 is 4.74 Å². The molecule has 0 saturated heterocycles. The number of nitriles is 1. The highest BCUT2D eigenvalue weighted by Gasteiger charge is 1.99. The van der Waals surface area contributed by atoms with Gasteiger partial charge in [-0.1, -0.05) is 35.2 Å². The first kappa shape index (κ1) is 12.9. The average molecular weight is 277 g/mol. The highest BCUT2D eigenvalue weighted by Crippen LogP contribution is 2.19. The number of thioether (sulfide) groups is 1. The second-order valence-corrected chi connectivity index (χ2v) is 5.56. The summed E-state index contributed by atoms with van der Waals surface area (Å²) in [7, 11) is 0. The lowest BCUT2D eigenvalue weighted by Gasteiger charge is -2.05. The molecule has 4 nitrogen and oxygen atoms in total. The molecule has 1 aromatic heterocycles. The standard InChI is InChI=1S/C12H11N3OS2/c13-6-5-10-1-3-11(4-2-10)16-7-8-17-12-15-14-9-18-12/h1-4,9H,5,7-8H2. The Kier molecular flexibility index (Phi) is 5.00. The molecule has 0 atom stereocenters. The van der Waals surface area contributed by atoms with E-state index in [2.05, 4.69) is 16.3 Å². The first-order valence-corrected chi connectivity index (χ1v) is 7.22. The number of hydrogen-bond acceptors (Lipinski definition) is 6. The minimum atomic E-state index is 0.438. The maximum Gasteiger partial charge on any atom is 0.174 e. The average Bonchev–Trinajstić information content (AvgIpc) is 2.90. The van der Waals surface area contributed by atoms with Crippen molar-refractivity contribution >= 4 is 23.1 Å². The number of aromatic nitrogens is 2. The van der Waals surface area contributed by atoms with E-state index in [1.54, 1.807) is 17.3 Å². The van der Waals surface area contributed by atoms with Crippen molar-refractivity contribution < 1.29 is 4.74 Å². The highest BCUT2D eigenvalue weighted by atomic mass is 32.2. The minimum Gasteiger partial charge on any atom is -0.493 e. The van der Waals surface area contributed by atoms with Crippen molar-refractivity contribution in [3.63, 3.8) is 0 Å². The lowest BCUT2D eigenvalue weighted by molar-refractivity contribution is 0.344. The summed E-state index contributed by atoms with van der Waals surface area (Å²) in [4.78, 5) is 0. The molecule has 0 amide bonds. The molecule has 2 rings (SSSR count). The molecule has 18 heavy (non-hydrogen) atoms. The van der Waals surface area contributed by atoms with Crippen molar-refractivity contribution in [1.82, 2.24) is 10.2 Å². The Balaban J connectivity index is 1.71. The predicted molar refractivity (Wildman–Crippen MR) is 71.9 cm³/mol. The summed E-state index contributed by atoms with van der Waals surface area (Å²) in [6.45, 7) is 0.627. The number of nitrogens with zero attached hydrogens (tertiary/aromatic N) is 3. The summed E-state index contributed by atoms with van der Waals surface area (Å²) in [5.41, 5.74) is 2.73. The molecule has 6 heteroatoms. The number of hydrogen-bond donors (Lipinski definition) is 0. The van der Waals surface area contributed by atoms with E-state index in [1.807, 2.05) is 24.3 Å². The Morgan fingerprint density at radius 2 is 2.17 bits per heavy atom. The summed E-state index contributed by atoms with van der Waals surface area (Å²) >= 11 is 3.17. The van der Waals surface area contributed by atoms with Gasteiger partial charge in [-0.25, -0.2) is 0 Å². The van der Waals surface area contributed by atoms with E-state index in [0.717, 1.165) is 21.4 Å². The molecule has 0 radical (unpaired) electrons. The van der Waals surface area contributed by atoms with E-state index < -0.39 is 0 Å². The number of rotatable bonds is 6. The number of benzene rings is 1. The van der Waals surface area contributed by atoms with E-state index in [0.29, 0.717) is 13.0 Å². The Labute approximate surface area is 114 Å². The van der Waals surface area contributed by atoms with Crippen LogP contribution in [-0.2, 0) is 6.42 Å². The van der Waals surface area contributed by atoms with Crippen LogP contribution in [0.15, 0.2) is 34.1 Å². The quantitative estimate of drug-likeness (QED) is 0.600. The molecule has 1 aromatic carbocycles. The summed E-state index contributed by atoms with van der Waals surface area (Å²) in [5.74, 6) is 1.67. The fourth-order valence-corrected chi connectivity index (χ4v) is 2.69. The topological polar surface area (TPSA) is 58.8 Å². The third-order valence-electron chi connectivity index (χ3n) is 2.12. The van der Waals surface area contributed by atoms with Crippen LogP contribution in [0.5, 0.6) is 5.75 Å². The van der Waals surface area contributed by atoms with Crippen LogP contribution in [0.4, 0.5) is 0 Å². The fourth-order valence-electron chi connectivity index (χ4n) is 1.31. The van der Waals surface area contributed by atoms with Crippen LogP contribution >= 0.6 is 23.1 Å². The minimum absolute atomic E-state index is 0.438. The molecule has 0 saturated carbocycles. The molecular formula is C12H11N3OS2. The second-order valence-electron chi connectivity index (χ2n) is 3.38. The van der Waals surface area contributed by atoms with Gasteiger partial charge in [0.1, 0.15) is 11.3 Å². The first-order valence-electron chi connectivity index (χ1n) is 5.36.